The van der Waals surface area contributed by atoms with E-state index < -0.39 is 91.8 Å². The number of hydrogen-bond donors (Lipinski definition) is 5. The number of hydrogen-bond acceptors (Lipinski definition) is 8. The fraction of sp³-hybridized carbons (Fsp3) is 0.500. The predicted octanol–water partition coefficient (Wildman–Crippen LogP) is 5.03. The summed E-state index contributed by atoms with van der Waals surface area (Å²) in [5.74, 6) is -9.51. The molecule has 0 heterocycles. The molecule has 0 spiro atoms. The van der Waals surface area contributed by atoms with Crippen LogP contribution in [0.15, 0.2) is 41.2 Å². The van der Waals surface area contributed by atoms with Crippen LogP contribution in [0.1, 0.15) is 88.7 Å². The summed E-state index contributed by atoms with van der Waals surface area (Å²) in [6, 6.07) is 2.71. The molecule has 0 amide bonds. The molecule has 5 N–H and O–H groups in total. The molecule has 9 heteroatoms. The molecule has 1 fully saturated rings. The van der Waals surface area contributed by atoms with Gasteiger partial charge in [0.1, 0.15) is 28.4 Å². The lowest BCUT2D eigenvalue weighted by Gasteiger charge is -2.65. The summed E-state index contributed by atoms with van der Waals surface area (Å²) >= 11 is 0. The highest BCUT2D eigenvalue weighted by atomic mass is 16.4. The largest absolute Gasteiger partial charge is 0.508 e. The summed E-state index contributed by atoms with van der Waals surface area (Å²) in [5.41, 5.74) is -6.32. The first-order valence-corrected chi connectivity index (χ1v) is 13.8. The smallest absolute Gasteiger partial charge is 0.339 e. The minimum absolute atomic E-state index is 0.202. The number of benzene rings is 1. The maximum atomic E-state index is 14.7. The van der Waals surface area contributed by atoms with E-state index in [1.807, 2.05) is 6.92 Å². The average molecular weight is 567 g/mol. The molecule has 6 atom stereocenters. The Bertz CT molecular complexity index is 1490. The van der Waals surface area contributed by atoms with Crippen molar-refractivity contribution >= 4 is 29.1 Å². The number of aliphatic hydroxyl groups is 3. The summed E-state index contributed by atoms with van der Waals surface area (Å²) in [4.78, 5) is 53.1. The Morgan fingerprint density at radius 2 is 1.68 bits per heavy atom. The molecule has 1 aromatic rings. The highest BCUT2D eigenvalue weighted by molar-refractivity contribution is 6.24. The second-order valence-electron chi connectivity index (χ2n) is 12.5. The van der Waals surface area contributed by atoms with Gasteiger partial charge in [0.05, 0.1) is 5.56 Å². The normalized spacial score (nSPS) is 33.0. The third-order valence-corrected chi connectivity index (χ3v) is 10.4. The van der Waals surface area contributed by atoms with Crippen LogP contribution < -0.4 is 0 Å². The van der Waals surface area contributed by atoms with Crippen LogP contribution in [0.3, 0.4) is 0 Å². The fourth-order valence-corrected chi connectivity index (χ4v) is 8.16. The first-order chi connectivity index (χ1) is 18.9. The van der Waals surface area contributed by atoms with E-state index in [1.165, 1.54) is 12.1 Å². The molecule has 1 saturated carbocycles. The van der Waals surface area contributed by atoms with Gasteiger partial charge in [-0.05, 0) is 49.1 Å². The van der Waals surface area contributed by atoms with E-state index in [0.717, 1.165) is 12.5 Å². The van der Waals surface area contributed by atoms with Gasteiger partial charge in [-0.3, -0.25) is 14.4 Å². The van der Waals surface area contributed by atoms with Crippen LogP contribution >= 0.6 is 0 Å². The maximum absolute atomic E-state index is 14.7. The molecule has 3 aliphatic rings. The van der Waals surface area contributed by atoms with E-state index >= 15 is 0 Å². The van der Waals surface area contributed by atoms with Gasteiger partial charge in [0.15, 0.2) is 17.2 Å². The van der Waals surface area contributed by atoms with Gasteiger partial charge in [0.25, 0.3) is 0 Å². The number of ketones is 3. The molecule has 0 radical (unpaired) electrons. The summed E-state index contributed by atoms with van der Waals surface area (Å²) in [6.45, 7) is 15.7. The average Bonchev–Trinajstić information content (AvgIpc) is 2.87. The lowest BCUT2D eigenvalue weighted by molar-refractivity contribution is -0.198. The number of phenols is 1. The van der Waals surface area contributed by atoms with Crippen molar-refractivity contribution in [2.45, 2.75) is 72.8 Å². The molecule has 4 rings (SSSR count). The van der Waals surface area contributed by atoms with E-state index in [2.05, 4.69) is 6.58 Å². The van der Waals surface area contributed by atoms with Crippen molar-refractivity contribution in [1.82, 2.24) is 0 Å². The van der Waals surface area contributed by atoms with Gasteiger partial charge in [-0.25, -0.2) is 4.79 Å². The summed E-state index contributed by atoms with van der Waals surface area (Å²) in [7, 11) is 0. The minimum atomic E-state index is -2.80. The first kappa shape index (κ1) is 30.2. The van der Waals surface area contributed by atoms with Crippen LogP contribution in [0.2, 0.25) is 0 Å². The number of carboxylic acids is 1. The number of carbonyl (C=O) groups excluding carboxylic acids is 3. The fourth-order valence-electron chi connectivity index (χ4n) is 8.16. The third kappa shape index (κ3) is 3.51. The van der Waals surface area contributed by atoms with Crippen LogP contribution in [0.4, 0.5) is 0 Å². The Hall–Kier alpha value is -3.72. The number of aliphatic hydroxyl groups excluding tert-OH is 2. The molecule has 1 unspecified atom stereocenters. The molecule has 0 saturated heterocycles. The van der Waals surface area contributed by atoms with Crippen molar-refractivity contribution in [2.24, 2.45) is 28.6 Å². The van der Waals surface area contributed by atoms with Crippen molar-refractivity contribution in [1.29, 1.82) is 0 Å². The molecule has 3 aliphatic carbocycles. The number of carboxylic acid groups (broad SMARTS) is 1. The highest BCUT2D eigenvalue weighted by Gasteiger charge is 2.76. The van der Waals surface area contributed by atoms with E-state index in [9.17, 15) is 44.7 Å². The Morgan fingerprint density at radius 3 is 2.17 bits per heavy atom. The summed E-state index contributed by atoms with van der Waals surface area (Å²) in [6.07, 6.45) is 0.739. The van der Waals surface area contributed by atoms with Crippen LogP contribution in [0.5, 0.6) is 5.75 Å². The van der Waals surface area contributed by atoms with Gasteiger partial charge in [-0.15, -0.1) is 0 Å². The van der Waals surface area contributed by atoms with Crippen molar-refractivity contribution in [3.05, 3.63) is 57.9 Å². The number of rotatable bonds is 6. The lowest BCUT2D eigenvalue weighted by atomic mass is 9.37. The monoisotopic (exact) mass is 566 g/mol. The summed E-state index contributed by atoms with van der Waals surface area (Å²) < 4.78 is 0. The number of aromatic hydroxyl groups is 1. The van der Waals surface area contributed by atoms with E-state index in [1.54, 1.807) is 34.6 Å². The number of carbonyl (C=O) groups is 4. The quantitative estimate of drug-likeness (QED) is 0.234. The van der Waals surface area contributed by atoms with Crippen molar-refractivity contribution in [2.75, 3.05) is 0 Å². The topological polar surface area (TPSA) is 169 Å². The predicted molar refractivity (Wildman–Crippen MR) is 150 cm³/mol. The van der Waals surface area contributed by atoms with E-state index in [0.29, 0.717) is 12.0 Å². The SMILES string of the molecule is C=C(CC)C[C@@H]1[C@]2(C)C(=C(O)c3c(ccc(C(=O)O)c3O)[C@H]2C)C(=O)[C@@]2(O)C(O)=C(C(C)=O)C(=O)C(C(C)C)[C@@]12C. The molecular formula is C32H38O9. The maximum Gasteiger partial charge on any atom is 0.339 e. The lowest BCUT2D eigenvalue weighted by Crippen LogP contribution is -2.73. The highest BCUT2D eigenvalue weighted by Crippen LogP contribution is 2.71. The van der Waals surface area contributed by atoms with Gasteiger partial charge in [-0.1, -0.05) is 59.8 Å². The Labute approximate surface area is 238 Å². The van der Waals surface area contributed by atoms with Gasteiger partial charge in [0, 0.05) is 22.3 Å². The van der Waals surface area contributed by atoms with Gasteiger partial charge < -0.3 is 25.5 Å². The molecule has 1 aromatic carbocycles. The molecule has 0 bridgehead atoms. The number of aromatic carboxylic acids is 1. The standard InChI is InChI=1S/C32H38O9/c1-9-14(4)12-19-30(7)15(5)17-10-11-18(29(39)40)24(34)21(17)26(36)23(30)28(38)32(41)27(37)20(16(6)33)25(35)22(13(2)3)31(19,32)8/h10-11,13,15,19,22,34,36-37,41H,4,9,12H2,1-3,5-8H3,(H,39,40)/t15-,19-,22?,30-,31-,32+/m1/s1. The van der Waals surface area contributed by atoms with Crippen molar-refractivity contribution < 1.29 is 44.7 Å². The van der Waals surface area contributed by atoms with E-state index in [-0.39, 0.29) is 17.6 Å². The second kappa shape index (κ2) is 9.41. The zero-order valence-electron chi connectivity index (χ0n) is 24.5. The Balaban J connectivity index is 2.24. The third-order valence-electron chi connectivity index (χ3n) is 10.4. The Morgan fingerprint density at radius 1 is 1.10 bits per heavy atom. The van der Waals surface area contributed by atoms with Gasteiger partial charge >= 0.3 is 5.97 Å². The number of Topliss-reactive ketones (excluding diaryl/α,β-unsaturated/α-hetero) is 3. The number of fused-ring (bicyclic) bond motifs is 3. The van der Waals surface area contributed by atoms with Gasteiger partial charge in [0.2, 0.25) is 5.78 Å². The zero-order chi connectivity index (χ0) is 31.1. The van der Waals surface area contributed by atoms with Crippen LogP contribution in [-0.2, 0) is 14.4 Å². The molecule has 0 aliphatic heterocycles. The molecular weight excluding hydrogens is 528 g/mol. The summed E-state index contributed by atoms with van der Waals surface area (Å²) in [5, 5.41) is 56.3. The minimum Gasteiger partial charge on any atom is -0.508 e. The zero-order valence-corrected chi connectivity index (χ0v) is 24.5. The van der Waals surface area contributed by atoms with Crippen LogP contribution in [0.25, 0.3) is 5.76 Å². The van der Waals surface area contributed by atoms with Crippen molar-refractivity contribution in [3.63, 3.8) is 0 Å². The first-order valence-electron chi connectivity index (χ1n) is 13.8. The molecule has 41 heavy (non-hydrogen) atoms. The second-order valence-corrected chi connectivity index (χ2v) is 12.5. The molecule has 9 nitrogen and oxygen atoms in total. The number of allylic oxidation sites excluding steroid dienone is 2. The van der Waals surface area contributed by atoms with Crippen molar-refractivity contribution in [3.8, 4) is 5.75 Å². The van der Waals surface area contributed by atoms with Crippen LogP contribution in [0, 0.1) is 28.6 Å². The molecule has 0 aromatic heterocycles. The van der Waals surface area contributed by atoms with Gasteiger partial charge in [-0.2, -0.15) is 0 Å². The van der Waals surface area contributed by atoms with E-state index in [4.69, 9.17) is 0 Å². The van der Waals surface area contributed by atoms with Crippen LogP contribution in [-0.4, -0.2) is 54.5 Å². The Kier molecular flexibility index (Phi) is 6.94. The molecule has 220 valence electrons.